The van der Waals surface area contributed by atoms with E-state index in [-0.39, 0.29) is 0 Å². The molecule has 0 saturated heterocycles. The zero-order chi connectivity index (χ0) is 3.41. The van der Waals surface area contributed by atoms with Crippen LogP contribution in [-0.2, 0) is 21.1 Å². The summed E-state index contributed by atoms with van der Waals surface area (Å²) in [6.45, 7) is 2.17. The molecule has 30 valence electrons. The average molecular weight is 240 g/mol. The van der Waals surface area contributed by atoms with Crippen LogP contribution < -0.4 is 0 Å². The molecule has 0 saturated carbocycles. The molecule has 0 aromatic carbocycles. The number of rotatable bonds is 1. The van der Waals surface area contributed by atoms with Crippen LogP contribution in [0.25, 0.3) is 0 Å². The third-order valence-corrected chi connectivity index (χ3v) is 1.23. The van der Waals surface area contributed by atoms with Gasteiger partial charge in [0.05, 0.1) is 0 Å². The van der Waals surface area contributed by atoms with Gasteiger partial charge in [0.25, 0.3) is 0 Å². The summed E-state index contributed by atoms with van der Waals surface area (Å²) in [4.78, 5) is 0. The summed E-state index contributed by atoms with van der Waals surface area (Å²) >= 11 is 2.50. The third-order valence-electron chi connectivity index (χ3n) is 0.151. The Morgan fingerprint density at radius 3 is 2.00 bits per heavy atom. The molecule has 0 amide bonds. The summed E-state index contributed by atoms with van der Waals surface area (Å²) < 4.78 is 1.26. The van der Waals surface area contributed by atoms with Crippen LogP contribution in [0.1, 0.15) is 13.3 Å². The van der Waals surface area contributed by atoms with Crippen molar-refractivity contribution in [3.8, 4) is 0 Å². The van der Waals surface area contributed by atoms with Gasteiger partial charge in [-0.2, -0.15) is 0 Å². The topological polar surface area (TPSA) is 0 Å². The Labute approximate surface area is 39.5 Å². The van der Waals surface area contributed by atoms with Gasteiger partial charge in [-0.3, -0.25) is 0 Å². The zero-order valence-electron chi connectivity index (χ0n) is 2.72. The van der Waals surface area contributed by atoms with Gasteiger partial charge in [0, 0.05) is 0 Å². The van der Waals surface area contributed by atoms with E-state index in [0.29, 0.717) is 0 Å². The molecule has 0 fully saturated rings. The molecule has 0 nitrogen and oxygen atoms in total. The molecule has 4 heavy (non-hydrogen) atoms. The van der Waals surface area contributed by atoms with Crippen molar-refractivity contribution in [2.45, 2.75) is 18.0 Å². The first kappa shape index (κ1) is 4.74. The van der Waals surface area contributed by atoms with Crippen LogP contribution in [0.2, 0.25) is 4.64 Å². The van der Waals surface area contributed by atoms with Crippen molar-refractivity contribution in [3.63, 3.8) is 0 Å². The van der Waals surface area contributed by atoms with Crippen molar-refractivity contribution >= 4 is 0 Å². The number of hydrogen-bond acceptors (Lipinski definition) is 0. The molecule has 0 atom stereocenters. The van der Waals surface area contributed by atoms with E-state index in [1.807, 2.05) is 0 Å². The van der Waals surface area contributed by atoms with Crippen LogP contribution in [0.5, 0.6) is 0 Å². The van der Waals surface area contributed by atoms with E-state index in [0.717, 1.165) is 0 Å². The minimum atomic E-state index is 1.26. The van der Waals surface area contributed by atoms with Crippen LogP contribution in [0, 0.1) is 0 Å². The first-order valence-corrected chi connectivity index (χ1v) is 2.95. The molecule has 0 N–H and O–H groups in total. The van der Waals surface area contributed by atoms with Gasteiger partial charge in [0.2, 0.25) is 0 Å². The van der Waals surface area contributed by atoms with E-state index < -0.39 is 0 Å². The Hall–Kier alpha value is 0.740. The molecule has 0 spiro atoms. The molecule has 1 heteroatoms. The van der Waals surface area contributed by atoms with Crippen molar-refractivity contribution in [1.29, 1.82) is 0 Å². The summed E-state index contributed by atoms with van der Waals surface area (Å²) in [6.07, 6.45) is 1.29. The maximum atomic E-state index is 2.50. The van der Waals surface area contributed by atoms with Gasteiger partial charge in [-0.1, -0.05) is 0 Å². The monoisotopic (exact) mass is 240 g/mol. The van der Waals surface area contributed by atoms with Gasteiger partial charge in [0.1, 0.15) is 0 Å². The van der Waals surface area contributed by atoms with Crippen molar-refractivity contribution in [1.82, 2.24) is 0 Å². The second-order valence-corrected chi connectivity index (χ2v) is 1.73. The number of hydrogen-bond donors (Lipinski definition) is 0. The fraction of sp³-hybridized carbons (Fsp3) is 1.00. The van der Waals surface area contributed by atoms with Gasteiger partial charge in [-0.15, -0.1) is 0 Å². The molecule has 0 aromatic rings. The van der Waals surface area contributed by atoms with E-state index in [1.54, 1.807) is 0 Å². The fourth-order valence-corrected chi connectivity index (χ4v) is 0. The zero-order valence-corrected chi connectivity index (χ0v) is 4.88. The van der Waals surface area contributed by atoms with Crippen LogP contribution in [0.4, 0.5) is 0 Å². The van der Waals surface area contributed by atoms with Gasteiger partial charge < -0.3 is 0 Å². The van der Waals surface area contributed by atoms with Crippen molar-refractivity contribution in [2.75, 3.05) is 0 Å². The molecule has 0 rings (SSSR count). The Kier molecular flexibility index (Phi) is 4.43. The van der Waals surface area contributed by atoms with E-state index >= 15 is 0 Å². The molecule has 0 radical (unpaired) electrons. The van der Waals surface area contributed by atoms with E-state index in [2.05, 4.69) is 28.0 Å². The molecule has 0 aliphatic rings. The Balaban J connectivity index is 1.97. The van der Waals surface area contributed by atoms with Gasteiger partial charge in [-0.05, 0) is 0 Å². The van der Waals surface area contributed by atoms with Crippen LogP contribution in [-0.4, -0.2) is 0 Å². The van der Waals surface area contributed by atoms with Gasteiger partial charge >= 0.3 is 39.1 Å². The van der Waals surface area contributed by atoms with Gasteiger partial charge in [-0.25, -0.2) is 0 Å². The first-order chi connectivity index (χ1) is 1.91. The quantitative estimate of drug-likeness (QED) is 0.607. The maximum absolute atomic E-state index is 2.50. The SMILES string of the molecule is CC[CH2][Au]. The molecule has 0 aromatic heterocycles. The predicted molar refractivity (Wildman–Crippen MR) is 15.1 cm³/mol. The fourth-order valence-electron chi connectivity index (χ4n) is 0. The van der Waals surface area contributed by atoms with Crippen LogP contribution in [0.15, 0.2) is 0 Å². The second-order valence-electron chi connectivity index (χ2n) is 0.651. The molecule has 0 bridgehead atoms. The van der Waals surface area contributed by atoms with Gasteiger partial charge in [0.15, 0.2) is 0 Å². The second kappa shape index (κ2) is 3.74. The molecule has 0 unspecified atom stereocenters. The van der Waals surface area contributed by atoms with E-state index in [1.165, 1.54) is 11.1 Å². The molecule has 0 aliphatic heterocycles. The summed E-state index contributed by atoms with van der Waals surface area (Å²) in [5.74, 6) is 0. The Morgan fingerprint density at radius 2 is 2.00 bits per heavy atom. The molecular formula is C3H7Au. The summed E-state index contributed by atoms with van der Waals surface area (Å²) in [7, 11) is 0. The normalized spacial score (nSPS) is 7.75. The molecule has 0 aliphatic carbocycles. The summed E-state index contributed by atoms with van der Waals surface area (Å²) in [5.41, 5.74) is 0. The summed E-state index contributed by atoms with van der Waals surface area (Å²) in [6, 6.07) is 0. The average Bonchev–Trinajstić information content (AvgIpc) is 1.37. The predicted octanol–water partition coefficient (Wildman–Crippen LogP) is 1.36. The Bertz CT molecular complexity index is 5.25. The molecular weight excluding hydrogens is 233 g/mol. The Morgan fingerprint density at radius 1 is 1.75 bits per heavy atom. The summed E-state index contributed by atoms with van der Waals surface area (Å²) in [5, 5.41) is 0. The van der Waals surface area contributed by atoms with E-state index in [9.17, 15) is 0 Å². The van der Waals surface area contributed by atoms with Crippen molar-refractivity contribution < 1.29 is 21.1 Å². The third kappa shape index (κ3) is 2.74. The first-order valence-electron chi connectivity index (χ1n) is 1.42. The molecule has 0 heterocycles. The van der Waals surface area contributed by atoms with Crippen molar-refractivity contribution in [3.05, 3.63) is 0 Å². The van der Waals surface area contributed by atoms with Crippen LogP contribution >= 0.6 is 0 Å². The van der Waals surface area contributed by atoms with Crippen LogP contribution in [0.3, 0.4) is 0 Å². The van der Waals surface area contributed by atoms with Crippen molar-refractivity contribution in [2.24, 2.45) is 0 Å². The standard InChI is InChI=1S/C3H7.Au/c1-3-2;/h1,3H2,2H3;. The van der Waals surface area contributed by atoms with E-state index in [4.69, 9.17) is 0 Å². The minimum absolute atomic E-state index is 1.26.